The van der Waals surface area contributed by atoms with Crippen molar-refractivity contribution in [2.45, 2.75) is 26.7 Å². The SMILES string of the molecule is Cc1cc(C)cc(NC(=O)COC(=O)c2ccc(N3C(=O)[C@@H]4CC=CC[C@H]4C3=O)cc2)c1. The Morgan fingerprint density at radius 2 is 1.50 bits per heavy atom. The van der Waals surface area contributed by atoms with Crippen molar-refractivity contribution in [1.29, 1.82) is 0 Å². The summed E-state index contributed by atoms with van der Waals surface area (Å²) in [5, 5.41) is 2.71. The first kappa shape index (κ1) is 21.5. The number of amides is 3. The summed E-state index contributed by atoms with van der Waals surface area (Å²) >= 11 is 0. The van der Waals surface area contributed by atoms with Gasteiger partial charge in [0, 0.05) is 5.69 Å². The second-order valence-electron chi connectivity index (χ2n) is 8.22. The molecule has 1 heterocycles. The van der Waals surface area contributed by atoms with E-state index in [1.54, 1.807) is 12.1 Å². The summed E-state index contributed by atoms with van der Waals surface area (Å²) in [6, 6.07) is 11.7. The molecule has 2 atom stereocenters. The molecule has 1 saturated heterocycles. The Hall–Kier alpha value is -3.74. The number of fused-ring (bicyclic) bond motifs is 1. The number of allylic oxidation sites excluding steroid dienone is 2. The van der Waals surface area contributed by atoms with E-state index in [0.29, 0.717) is 24.2 Å². The number of esters is 1. The first-order valence-electron chi connectivity index (χ1n) is 10.5. The van der Waals surface area contributed by atoms with Gasteiger partial charge in [-0.2, -0.15) is 0 Å². The van der Waals surface area contributed by atoms with Crippen LogP contribution in [0.2, 0.25) is 0 Å². The maximum absolute atomic E-state index is 12.7. The highest BCUT2D eigenvalue weighted by Gasteiger charge is 2.47. The molecule has 0 radical (unpaired) electrons. The standard InChI is InChI=1S/C25H24N2O5/c1-15-11-16(2)13-18(12-15)26-22(28)14-32-25(31)17-7-9-19(10-8-17)27-23(29)20-5-3-4-6-21(20)24(27)30/h3-4,7-13,20-21H,5-6,14H2,1-2H3,(H,26,28)/t20-,21-/m1/s1. The van der Waals surface area contributed by atoms with E-state index in [4.69, 9.17) is 4.74 Å². The predicted molar refractivity (Wildman–Crippen MR) is 119 cm³/mol. The molecule has 1 aliphatic heterocycles. The smallest absolute Gasteiger partial charge is 0.338 e. The highest BCUT2D eigenvalue weighted by Crippen LogP contribution is 2.37. The monoisotopic (exact) mass is 432 g/mol. The second kappa shape index (κ2) is 8.78. The first-order chi connectivity index (χ1) is 15.3. The van der Waals surface area contributed by atoms with Crippen LogP contribution in [0.4, 0.5) is 11.4 Å². The molecule has 7 heteroatoms. The number of carbonyl (C=O) groups is 4. The van der Waals surface area contributed by atoms with E-state index in [1.807, 2.05) is 44.2 Å². The Morgan fingerprint density at radius 3 is 2.06 bits per heavy atom. The van der Waals surface area contributed by atoms with Crippen LogP contribution >= 0.6 is 0 Å². The second-order valence-corrected chi connectivity index (χ2v) is 8.22. The minimum absolute atomic E-state index is 0.206. The van der Waals surface area contributed by atoms with E-state index in [-0.39, 0.29) is 29.2 Å². The first-order valence-corrected chi connectivity index (χ1v) is 10.5. The third-order valence-electron chi connectivity index (χ3n) is 5.71. The summed E-state index contributed by atoms with van der Waals surface area (Å²) in [7, 11) is 0. The molecule has 1 N–H and O–H groups in total. The Bertz CT molecular complexity index is 1070. The van der Waals surface area contributed by atoms with Gasteiger partial charge in [-0.05, 0) is 74.2 Å². The largest absolute Gasteiger partial charge is 0.452 e. The van der Waals surface area contributed by atoms with Gasteiger partial charge < -0.3 is 10.1 Å². The molecule has 2 aromatic carbocycles. The van der Waals surface area contributed by atoms with Gasteiger partial charge in [-0.25, -0.2) is 4.79 Å². The lowest BCUT2D eigenvalue weighted by Gasteiger charge is -2.15. The number of nitrogens with one attached hydrogen (secondary N) is 1. The van der Waals surface area contributed by atoms with Crippen molar-refractivity contribution in [2.75, 3.05) is 16.8 Å². The number of carbonyl (C=O) groups excluding carboxylic acids is 4. The lowest BCUT2D eigenvalue weighted by atomic mass is 9.85. The number of benzene rings is 2. The predicted octanol–water partition coefficient (Wildman–Crippen LogP) is 3.55. The van der Waals surface area contributed by atoms with Gasteiger partial charge in [0.05, 0.1) is 23.1 Å². The number of hydrogen-bond donors (Lipinski definition) is 1. The zero-order chi connectivity index (χ0) is 22.8. The molecule has 2 aliphatic rings. The summed E-state index contributed by atoms with van der Waals surface area (Å²) in [6.07, 6.45) is 5.01. The van der Waals surface area contributed by atoms with Gasteiger partial charge >= 0.3 is 5.97 Å². The Kier molecular flexibility index (Phi) is 5.90. The molecular weight excluding hydrogens is 408 g/mol. The number of aryl methyl sites for hydroxylation is 2. The minimum atomic E-state index is -0.663. The van der Waals surface area contributed by atoms with Crippen molar-refractivity contribution in [1.82, 2.24) is 0 Å². The minimum Gasteiger partial charge on any atom is -0.452 e. The van der Waals surface area contributed by atoms with Crippen LogP contribution in [0.5, 0.6) is 0 Å². The van der Waals surface area contributed by atoms with Gasteiger partial charge in [0.2, 0.25) is 11.8 Å². The Morgan fingerprint density at radius 1 is 0.938 bits per heavy atom. The number of hydrogen-bond acceptors (Lipinski definition) is 5. The zero-order valence-corrected chi connectivity index (χ0v) is 18.0. The van der Waals surface area contributed by atoms with Crippen LogP contribution in [0.15, 0.2) is 54.6 Å². The van der Waals surface area contributed by atoms with Gasteiger partial charge in [-0.1, -0.05) is 18.2 Å². The Balaban J connectivity index is 1.36. The molecule has 0 bridgehead atoms. The average molecular weight is 432 g/mol. The van der Waals surface area contributed by atoms with E-state index in [0.717, 1.165) is 11.1 Å². The normalized spacial score (nSPS) is 19.6. The van der Waals surface area contributed by atoms with Crippen molar-refractivity contribution in [2.24, 2.45) is 11.8 Å². The zero-order valence-electron chi connectivity index (χ0n) is 18.0. The molecule has 0 unspecified atom stereocenters. The van der Waals surface area contributed by atoms with Crippen LogP contribution in [-0.4, -0.2) is 30.3 Å². The number of anilines is 2. The summed E-state index contributed by atoms with van der Waals surface area (Å²) in [4.78, 5) is 51.0. The molecule has 4 rings (SSSR count). The average Bonchev–Trinajstić information content (AvgIpc) is 3.02. The lowest BCUT2D eigenvalue weighted by Crippen LogP contribution is -2.30. The third kappa shape index (κ3) is 4.32. The molecule has 2 aromatic rings. The van der Waals surface area contributed by atoms with E-state index >= 15 is 0 Å². The molecule has 0 aromatic heterocycles. The van der Waals surface area contributed by atoms with Crippen molar-refractivity contribution >= 4 is 35.1 Å². The molecule has 0 spiro atoms. The van der Waals surface area contributed by atoms with Crippen LogP contribution in [-0.2, 0) is 19.1 Å². The molecule has 164 valence electrons. The fraction of sp³-hybridized carbons (Fsp3) is 0.280. The fourth-order valence-corrected chi connectivity index (χ4v) is 4.26. The van der Waals surface area contributed by atoms with Crippen molar-refractivity contribution < 1.29 is 23.9 Å². The van der Waals surface area contributed by atoms with Crippen LogP contribution in [0.1, 0.15) is 34.3 Å². The van der Waals surface area contributed by atoms with Gasteiger partial charge in [0.15, 0.2) is 6.61 Å². The van der Waals surface area contributed by atoms with E-state index in [9.17, 15) is 19.2 Å². The third-order valence-corrected chi connectivity index (χ3v) is 5.71. The van der Waals surface area contributed by atoms with Crippen LogP contribution in [0.3, 0.4) is 0 Å². The highest BCUT2D eigenvalue weighted by molar-refractivity contribution is 6.22. The Labute approximate surface area is 186 Å². The van der Waals surface area contributed by atoms with Crippen molar-refractivity contribution in [3.8, 4) is 0 Å². The van der Waals surface area contributed by atoms with Gasteiger partial charge in [-0.3, -0.25) is 19.3 Å². The maximum Gasteiger partial charge on any atom is 0.338 e. The van der Waals surface area contributed by atoms with Crippen LogP contribution in [0.25, 0.3) is 0 Å². The topological polar surface area (TPSA) is 92.8 Å². The molecule has 3 amide bonds. The fourth-order valence-electron chi connectivity index (χ4n) is 4.26. The highest BCUT2D eigenvalue weighted by atomic mass is 16.5. The van der Waals surface area contributed by atoms with Crippen LogP contribution in [0, 0.1) is 25.7 Å². The molecule has 1 fully saturated rings. The quantitative estimate of drug-likeness (QED) is 0.443. The van der Waals surface area contributed by atoms with Crippen molar-refractivity contribution in [3.05, 3.63) is 71.3 Å². The molecule has 1 aliphatic carbocycles. The summed E-state index contributed by atoms with van der Waals surface area (Å²) in [5.41, 5.74) is 3.33. The molecule has 32 heavy (non-hydrogen) atoms. The van der Waals surface area contributed by atoms with Gasteiger partial charge in [0.1, 0.15) is 0 Å². The number of rotatable bonds is 5. The van der Waals surface area contributed by atoms with Crippen molar-refractivity contribution in [3.63, 3.8) is 0 Å². The lowest BCUT2D eigenvalue weighted by molar-refractivity contribution is -0.122. The van der Waals surface area contributed by atoms with E-state index in [1.165, 1.54) is 17.0 Å². The van der Waals surface area contributed by atoms with Gasteiger partial charge in [-0.15, -0.1) is 0 Å². The number of imide groups is 1. The maximum atomic E-state index is 12.7. The molecule has 0 saturated carbocycles. The summed E-state index contributed by atoms with van der Waals surface area (Å²) < 4.78 is 5.10. The van der Waals surface area contributed by atoms with Crippen LogP contribution < -0.4 is 10.2 Å². The molecule has 7 nitrogen and oxygen atoms in total. The van der Waals surface area contributed by atoms with E-state index in [2.05, 4.69) is 5.32 Å². The van der Waals surface area contributed by atoms with E-state index < -0.39 is 18.5 Å². The summed E-state index contributed by atoms with van der Waals surface area (Å²) in [6.45, 7) is 3.44. The molecular formula is C25H24N2O5. The number of ether oxygens (including phenoxy) is 1. The summed E-state index contributed by atoms with van der Waals surface area (Å²) in [5.74, 6) is -2.14. The van der Waals surface area contributed by atoms with Gasteiger partial charge in [0.25, 0.3) is 5.91 Å². The number of nitrogens with zero attached hydrogens (tertiary/aromatic N) is 1.